The molecule has 0 fully saturated rings. The fourth-order valence-electron chi connectivity index (χ4n) is 7.58. The zero-order valence-corrected chi connectivity index (χ0v) is 26.2. The summed E-state index contributed by atoms with van der Waals surface area (Å²) in [6, 6.07) is 42.9. The Balaban J connectivity index is 1.30. The predicted molar refractivity (Wildman–Crippen MR) is 189 cm³/mol. The van der Waals surface area contributed by atoms with Gasteiger partial charge in [-0.05, 0) is 64.8 Å². The van der Waals surface area contributed by atoms with Crippen LogP contribution < -0.4 is 0 Å². The lowest BCUT2D eigenvalue weighted by atomic mass is 9.82. The van der Waals surface area contributed by atoms with Crippen LogP contribution in [0.25, 0.3) is 33.2 Å². The third-order valence-electron chi connectivity index (χ3n) is 9.44. The van der Waals surface area contributed by atoms with Crippen molar-refractivity contribution in [1.29, 1.82) is 0 Å². The molecule has 1 aliphatic heterocycles. The average Bonchev–Trinajstić information content (AvgIpc) is 3.34. The first-order valence-electron chi connectivity index (χ1n) is 15.7. The Hall–Kier alpha value is -5.24. The number of allylic oxidation sites excluding steroid dienone is 1. The zero-order chi connectivity index (χ0) is 30.8. The molecule has 2 heterocycles. The Labute approximate surface area is 264 Å². The highest BCUT2D eigenvalue weighted by molar-refractivity contribution is 6.21. The topological polar surface area (TPSA) is 29.6 Å². The first kappa shape index (κ1) is 27.3. The van der Waals surface area contributed by atoms with E-state index in [2.05, 4.69) is 141 Å². The zero-order valence-electron chi connectivity index (χ0n) is 26.2. The van der Waals surface area contributed by atoms with Crippen molar-refractivity contribution in [2.24, 2.45) is 9.98 Å². The number of hydrogen-bond donors (Lipinski definition) is 0. The molecule has 0 atom stereocenters. The molecule has 0 amide bonds. The van der Waals surface area contributed by atoms with Gasteiger partial charge in [-0.25, -0.2) is 9.98 Å². The van der Waals surface area contributed by atoms with Gasteiger partial charge in [-0.2, -0.15) is 0 Å². The van der Waals surface area contributed by atoms with E-state index in [9.17, 15) is 0 Å². The summed E-state index contributed by atoms with van der Waals surface area (Å²) in [5.74, 6) is 0.689. The number of aromatic nitrogens is 1. The maximum atomic E-state index is 5.19. The molecule has 0 radical (unpaired) electrons. The van der Waals surface area contributed by atoms with E-state index in [1.807, 2.05) is 24.3 Å². The third-order valence-corrected chi connectivity index (χ3v) is 9.44. The van der Waals surface area contributed by atoms with Crippen LogP contribution in [0.5, 0.6) is 0 Å². The molecule has 1 aromatic heterocycles. The number of hydrogen-bond acceptors (Lipinski definition) is 2. The Bertz CT molecular complexity index is 2250. The molecule has 0 spiro atoms. The second kappa shape index (κ2) is 10.2. The van der Waals surface area contributed by atoms with Crippen molar-refractivity contribution < 1.29 is 0 Å². The molecule has 0 N–H and O–H groups in total. The van der Waals surface area contributed by atoms with E-state index in [1.165, 1.54) is 32.9 Å². The highest BCUT2D eigenvalue weighted by Gasteiger charge is 2.41. The second-order valence-electron chi connectivity index (χ2n) is 13.6. The fraction of sp³-hybridized carbons (Fsp3) is 0.167. The minimum atomic E-state index is 0.103. The van der Waals surface area contributed by atoms with Crippen molar-refractivity contribution in [2.45, 2.75) is 44.9 Å². The number of rotatable bonds is 4. The number of para-hydroxylation sites is 2. The monoisotopic (exact) mass is 581 g/mol. The molecule has 2 aliphatic rings. The van der Waals surface area contributed by atoms with Crippen LogP contribution in [0.3, 0.4) is 0 Å². The first-order valence-corrected chi connectivity index (χ1v) is 15.7. The van der Waals surface area contributed by atoms with Gasteiger partial charge in [-0.1, -0.05) is 118 Å². The summed E-state index contributed by atoms with van der Waals surface area (Å²) in [5, 5.41) is 2.41. The molecule has 5 aromatic carbocycles. The van der Waals surface area contributed by atoms with Gasteiger partial charge in [0, 0.05) is 39.2 Å². The normalized spacial score (nSPS) is 16.7. The van der Waals surface area contributed by atoms with Gasteiger partial charge in [0.2, 0.25) is 0 Å². The number of amidine groups is 1. The third kappa shape index (κ3) is 4.60. The van der Waals surface area contributed by atoms with Crippen LogP contribution in [0.15, 0.2) is 143 Å². The summed E-state index contributed by atoms with van der Waals surface area (Å²) in [6.07, 6.45) is 3.14. The van der Waals surface area contributed by atoms with Gasteiger partial charge in [-0.3, -0.25) is 0 Å². The Morgan fingerprint density at radius 1 is 0.578 bits per heavy atom. The lowest BCUT2D eigenvalue weighted by molar-refractivity contribution is 0.403. The van der Waals surface area contributed by atoms with E-state index in [0.717, 1.165) is 40.2 Å². The van der Waals surface area contributed by atoms with Crippen LogP contribution >= 0.6 is 0 Å². The van der Waals surface area contributed by atoms with E-state index < -0.39 is 0 Å². The largest absolute Gasteiger partial charge is 0.309 e. The van der Waals surface area contributed by atoms with Crippen molar-refractivity contribution in [3.63, 3.8) is 0 Å². The molecule has 8 rings (SSSR count). The first-order chi connectivity index (χ1) is 21.8. The van der Waals surface area contributed by atoms with E-state index in [4.69, 9.17) is 9.98 Å². The van der Waals surface area contributed by atoms with Crippen molar-refractivity contribution in [2.75, 3.05) is 0 Å². The molecule has 1 aliphatic carbocycles. The summed E-state index contributed by atoms with van der Waals surface area (Å²) in [5.41, 5.74) is 14.9. The Morgan fingerprint density at radius 2 is 1.24 bits per heavy atom. The quantitative estimate of drug-likeness (QED) is 0.185. The highest BCUT2D eigenvalue weighted by atomic mass is 15.0. The summed E-state index contributed by atoms with van der Waals surface area (Å²) >= 11 is 0. The van der Waals surface area contributed by atoms with Crippen LogP contribution in [0, 0.1) is 0 Å². The smallest absolute Gasteiger partial charge is 0.161 e. The standard InChI is InChI=1S/C42H35N3/c1-41(2)27-42(3,4)35-26-30(19-21-34(35)41)37-23-22-36(43-40(44-37)28-13-7-5-8-14-28)29-20-24-39-33(25-29)32-17-11-12-18-38(32)45(39)31-15-9-6-10-16-31/h5-22,24-26H,27H2,1-4H3. The highest BCUT2D eigenvalue weighted by Crippen LogP contribution is 2.49. The van der Waals surface area contributed by atoms with Gasteiger partial charge in [-0.15, -0.1) is 0 Å². The molecule has 45 heavy (non-hydrogen) atoms. The summed E-state index contributed by atoms with van der Waals surface area (Å²) in [4.78, 5) is 10.3. The van der Waals surface area contributed by atoms with E-state index in [-0.39, 0.29) is 10.8 Å². The fourth-order valence-corrected chi connectivity index (χ4v) is 7.58. The maximum Gasteiger partial charge on any atom is 0.161 e. The van der Waals surface area contributed by atoms with Gasteiger partial charge in [0.15, 0.2) is 5.84 Å². The van der Waals surface area contributed by atoms with Crippen molar-refractivity contribution in [3.05, 3.63) is 161 Å². The predicted octanol–water partition coefficient (Wildman–Crippen LogP) is 10.2. The number of nitrogens with zero attached hydrogens (tertiary/aromatic N) is 3. The maximum absolute atomic E-state index is 5.19. The second-order valence-corrected chi connectivity index (χ2v) is 13.6. The van der Waals surface area contributed by atoms with Crippen LogP contribution in [-0.4, -0.2) is 16.1 Å². The van der Waals surface area contributed by atoms with Crippen LogP contribution in [0.1, 0.15) is 61.9 Å². The molecule has 0 saturated carbocycles. The van der Waals surface area contributed by atoms with Crippen LogP contribution in [0.4, 0.5) is 0 Å². The molecule has 218 valence electrons. The SMILES string of the molecule is CC1(C)CC(C)(C)c2cc(C3=C=CC(c4ccc5c(c4)c4ccccc4n5-c4ccccc4)=NC(c4ccccc4)=N3)ccc21. The molecule has 0 saturated heterocycles. The van der Waals surface area contributed by atoms with E-state index in [1.54, 1.807) is 0 Å². The summed E-state index contributed by atoms with van der Waals surface area (Å²) < 4.78 is 2.34. The average molecular weight is 582 g/mol. The van der Waals surface area contributed by atoms with Gasteiger partial charge in [0.05, 0.1) is 16.7 Å². The lowest BCUT2D eigenvalue weighted by Crippen LogP contribution is -2.17. The minimum absolute atomic E-state index is 0.103. The van der Waals surface area contributed by atoms with Gasteiger partial charge in [0.1, 0.15) is 5.70 Å². The van der Waals surface area contributed by atoms with E-state index in [0.29, 0.717) is 5.84 Å². The molecule has 6 aromatic rings. The lowest BCUT2D eigenvalue weighted by Gasteiger charge is -2.22. The van der Waals surface area contributed by atoms with Gasteiger partial charge in [0.25, 0.3) is 0 Å². The number of benzene rings is 5. The van der Waals surface area contributed by atoms with Crippen LogP contribution in [0.2, 0.25) is 0 Å². The van der Waals surface area contributed by atoms with Crippen molar-refractivity contribution >= 4 is 39.1 Å². The van der Waals surface area contributed by atoms with E-state index >= 15 is 0 Å². The van der Waals surface area contributed by atoms with Gasteiger partial charge >= 0.3 is 0 Å². The number of fused-ring (bicyclic) bond motifs is 4. The van der Waals surface area contributed by atoms with Crippen molar-refractivity contribution in [3.8, 4) is 5.69 Å². The van der Waals surface area contributed by atoms with Crippen molar-refractivity contribution in [1.82, 2.24) is 4.57 Å². The number of aliphatic imine (C=N–C) groups is 2. The Morgan fingerprint density at radius 3 is 2.04 bits per heavy atom. The molecular formula is C42H35N3. The summed E-state index contributed by atoms with van der Waals surface area (Å²) in [6.45, 7) is 9.41. The molecular weight excluding hydrogens is 546 g/mol. The molecule has 0 unspecified atom stereocenters. The molecule has 3 nitrogen and oxygen atoms in total. The van der Waals surface area contributed by atoms with Gasteiger partial charge < -0.3 is 4.57 Å². The molecule has 0 bridgehead atoms. The minimum Gasteiger partial charge on any atom is -0.309 e. The summed E-state index contributed by atoms with van der Waals surface area (Å²) in [7, 11) is 0. The Kier molecular flexibility index (Phi) is 6.17. The molecule has 3 heteroatoms. The van der Waals surface area contributed by atoms with Crippen LogP contribution in [-0.2, 0) is 10.8 Å².